The van der Waals surface area contributed by atoms with E-state index in [4.69, 9.17) is 0 Å². The zero-order valence-corrected chi connectivity index (χ0v) is 10.6. The van der Waals surface area contributed by atoms with Crippen LogP contribution >= 0.6 is 27.5 Å². The summed E-state index contributed by atoms with van der Waals surface area (Å²) in [6.45, 7) is 1.50. The molecule has 16 heavy (non-hydrogen) atoms. The van der Waals surface area contributed by atoms with E-state index in [-0.39, 0.29) is 0 Å². The lowest BCUT2D eigenvalue weighted by Crippen LogP contribution is -2.20. The van der Waals surface area contributed by atoms with Gasteiger partial charge in [0.1, 0.15) is 0 Å². The van der Waals surface area contributed by atoms with E-state index < -0.39 is 12.0 Å². The summed E-state index contributed by atoms with van der Waals surface area (Å²) < 4.78 is 40.2. The molecule has 0 saturated carbocycles. The van der Waals surface area contributed by atoms with Gasteiger partial charge in [0.25, 0.3) is 0 Å². The summed E-state index contributed by atoms with van der Waals surface area (Å²) in [6, 6.07) is 0. The summed E-state index contributed by atoms with van der Waals surface area (Å²) in [7, 11) is 0. The predicted molar refractivity (Wildman–Crippen MR) is 59.0 cm³/mol. The summed E-state index contributed by atoms with van der Waals surface area (Å²) in [5.41, 5.74) is 0. The Morgan fingerprint density at radius 1 is 1.50 bits per heavy atom. The molecule has 1 aliphatic heterocycles. The first-order chi connectivity index (χ1) is 7.50. The molecule has 2 rings (SSSR count). The van der Waals surface area contributed by atoms with Crippen molar-refractivity contribution >= 4 is 32.6 Å². The first-order valence-electron chi connectivity index (χ1n) is 4.72. The number of nitrogens with zero attached hydrogens (tertiary/aromatic N) is 3. The Morgan fingerprint density at radius 3 is 2.75 bits per heavy atom. The largest absolute Gasteiger partial charge is 0.452 e. The molecule has 1 aliphatic rings. The fourth-order valence-electron chi connectivity index (χ4n) is 1.59. The van der Waals surface area contributed by atoms with Gasteiger partial charge >= 0.3 is 6.18 Å². The van der Waals surface area contributed by atoms with E-state index in [1.807, 2.05) is 4.90 Å². The third kappa shape index (κ3) is 2.48. The van der Waals surface area contributed by atoms with Gasteiger partial charge in [0.15, 0.2) is 0 Å². The average Bonchev–Trinajstić information content (AvgIpc) is 2.85. The van der Waals surface area contributed by atoms with Crippen LogP contribution in [0.25, 0.3) is 0 Å². The Bertz CT molecular complexity index is 368. The zero-order chi connectivity index (χ0) is 11.8. The Hall–Kier alpha value is -0.370. The molecule has 1 fully saturated rings. The Labute approximate surface area is 103 Å². The molecule has 1 unspecified atom stereocenters. The van der Waals surface area contributed by atoms with E-state index in [9.17, 15) is 13.2 Å². The summed E-state index contributed by atoms with van der Waals surface area (Å²) in [4.78, 5) is 5.39. The average molecular weight is 316 g/mol. The quantitative estimate of drug-likeness (QED) is 0.786. The fourth-order valence-corrected chi connectivity index (χ4v) is 2.84. The van der Waals surface area contributed by atoms with Gasteiger partial charge in [-0.25, -0.2) is 0 Å². The fraction of sp³-hybridized carbons (Fsp3) is 0.750. The van der Waals surface area contributed by atoms with Crippen molar-refractivity contribution in [3.8, 4) is 0 Å². The number of anilines is 1. The molecule has 1 atom stereocenters. The van der Waals surface area contributed by atoms with Gasteiger partial charge in [-0.2, -0.15) is 22.5 Å². The van der Waals surface area contributed by atoms with Crippen LogP contribution in [0.5, 0.6) is 0 Å². The lowest BCUT2D eigenvalue weighted by Gasteiger charge is -2.13. The van der Waals surface area contributed by atoms with Gasteiger partial charge < -0.3 is 4.90 Å². The molecule has 0 bridgehead atoms. The van der Waals surface area contributed by atoms with Gasteiger partial charge in [-0.3, -0.25) is 0 Å². The number of hydrogen-bond donors (Lipinski definition) is 0. The molecule has 3 nitrogen and oxygen atoms in total. The van der Waals surface area contributed by atoms with Gasteiger partial charge in [0, 0.05) is 30.0 Å². The van der Waals surface area contributed by atoms with E-state index in [2.05, 4.69) is 25.3 Å². The highest BCUT2D eigenvalue weighted by Crippen LogP contribution is 2.32. The predicted octanol–water partition coefficient (Wildman–Crippen LogP) is 2.78. The van der Waals surface area contributed by atoms with Crippen LogP contribution in [0.2, 0.25) is 0 Å². The maximum atomic E-state index is 12.3. The SMILES string of the molecule is FC(F)(F)c1nsc(N2CCC(CBr)C2)n1. The summed E-state index contributed by atoms with van der Waals surface area (Å²) in [5, 5.41) is 1.24. The van der Waals surface area contributed by atoms with Crippen LogP contribution < -0.4 is 4.90 Å². The second kappa shape index (κ2) is 4.48. The minimum atomic E-state index is -4.44. The van der Waals surface area contributed by atoms with E-state index in [0.29, 0.717) is 11.0 Å². The number of rotatable bonds is 2. The zero-order valence-electron chi connectivity index (χ0n) is 8.17. The second-order valence-corrected chi connectivity index (χ2v) is 5.03. The third-order valence-corrected chi connectivity index (χ3v) is 4.14. The molecule has 1 aromatic rings. The molecule has 0 N–H and O–H groups in total. The van der Waals surface area contributed by atoms with Crippen molar-refractivity contribution < 1.29 is 13.2 Å². The van der Waals surface area contributed by atoms with Gasteiger partial charge in [-0.05, 0) is 12.3 Å². The molecule has 2 heterocycles. The number of aromatic nitrogens is 2. The van der Waals surface area contributed by atoms with Crippen LogP contribution in [0.1, 0.15) is 12.2 Å². The van der Waals surface area contributed by atoms with E-state index in [1.54, 1.807) is 0 Å². The van der Waals surface area contributed by atoms with Gasteiger partial charge in [-0.15, -0.1) is 0 Å². The first kappa shape index (κ1) is 12.1. The normalized spacial score (nSPS) is 21.8. The molecule has 0 aliphatic carbocycles. The standard InChI is InChI=1S/C8H9BrF3N3S/c9-3-5-1-2-15(4-5)7-13-6(14-16-7)8(10,11)12/h5H,1-4H2. The molecular weight excluding hydrogens is 307 g/mol. The number of hydrogen-bond acceptors (Lipinski definition) is 4. The minimum absolute atomic E-state index is 0.371. The summed E-state index contributed by atoms with van der Waals surface area (Å²) in [6.07, 6.45) is -3.46. The maximum Gasteiger partial charge on any atom is 0.452 e. The van der Waals surface area contributed by atoms with E-state index in [1.165, 1.54) is 0 Å². The van der Waals surface area contributed by atoms with E-state index >= 15 is 0 Å². The smallest absolute Gasteiger partial charge is 0.347 e. The van der Waals surface area contributed by atoms with Crippen LogP contribution in [0.15, 0.2) is 0 Å². The molecule has 0 spiro atoms. The molecule has 1 aromatic heterocycles. The Balaban J connectivity index is 2.08. The number of alkyl halides is 4. The molecular formula is C8H9BrF3N3S. The first-order valence-corrected chi connectivity index (χ1v) is 6.62. The molecule has 90 valence electrons. The highest BCUT2D eigenvalue weighted by Gasteiger charge is 2.37. The van der Waals surface area contributed by atoms with Crippen LogP contribution in [0, 0.1) is 5.92 Å². The molecule has 0 aromatic carbocycles. The molecule has 1 saturated heterocycles. The second-order valence-electron chi connectivity index (χ2n) is 3.65. The van der Waals surface area contributed by atoms with Crippen molar-refractivity contribution in [2.45, 2.75) is 12.6 Å². The van der Waals surface area contributed by atoms with Gasteiger partial charge in [0.05, 0.1) is 0 Å². The van der Waals surface area contributed by atoms with Crippen molar-refractivity contribution in [1.82, 2.24) is 9.36 Å². The molecule has 8 heteroatoms. The van der Waals surface area contributed by atoms with Crippen molar-refractivity contribution in [2.75, 3.05) is 23.3 Å². The lowest BCUT2D eigenvalue weighted by molar-refractivity contribution is -0.144. The number of halogens is 4. The minimum Gasteiger partial charge on any atom is -0.347 e. The van der Waals surface area contributed by atoms with Crippen molar-refractivity contribution in [3.63, 3.8) is 0 Å². The van der Waals surface area contributed by atoms with Crippen molar-refractivity contribution in [2.24, 2.45) is 5.92 Å². The van der Waals surface area contributed by atoms with Crippen LogP contribution in [0.3, 0.4) is 0 Å². The summed E-state index contributed by atoms with van der Waals surface area (Å²) in [5.74, 6) is -0.548. The van der Waals surface area contributed by atoms with Crippen LogP contribution in [-0.2, 0) is 6.18 Å². The van der Waals surface area contributed by atoms with Gasteiger partial charge in [-0.1, -0.05) is 15.9 Å². The Kier molecular flexibility index (Phi) is 3.39. The van der Waals surface area contributed by atoms with Crippen LogP contribution in [-0.4, -0.2) is 27.8 Å². The summed E-state index contributed by atoms with van der Waals surface area (Å²) >= 11 is 4.19. The third-order valence-electron chi connectivity index (χ3n) is 2.44. The van der Waals surface area contributed by atoms with Crippen molar-refractivity contribution in [3.05, 3.63) is 5.82 Å². The monoisotopic (exact) mass is 315 g/mol. The highest BCUT2D eigenvalue weighted by atomic mass is 79.9. The van der Waals surface area contributed by atoms with Gasteiger partial charge in [0.2, 0.25) is 11.0 Å². The lowest BCUT2D eigenvalue weighted by atomic mass is 10.2. The van der Waals surface area contributed by atoms with Crippen LogP contribution in [0.4, 0.5) is 18.3 Å². The Morgan fingerprint density at radius 2 is 2.25 bits per heavy atom. The molecule has 0 radical (unpaired) electrons. The maximum absolute atomic E-state index is 12.3. The van der Waals surface area contributed by atoms with Crippen molar-refractivity contribution in [1.29, 1.82) is 0 Å². The highest BCUT2D eigenvalue weighted by molar-refractivity contribution is 9.09. The van der Waals surface area contributed by atoms with E-state index in [0.717, 1.165) is 36.4 Å². The molecule has 0 amide bonds. The topological polar surface area (TPSA) is 29.0 Å².